The summed E-state index contributed by atoms with van der Waals surface area (Å²) in [6, 6.07) is 70.0. The third-order valence-corrected chi connectivity index (χ3v) is 13.6. The Kier molecular flexibility index (Phi) is 13.3. The Morgan fingerprint density at radius 1 is 0.508 bits per heavy atom. The molecule has 59 heavy (non-hydrogen) atoms. The van der Waals surface area contributed by atoms with Gasteiger partial charge in [0, 0.05) is 36.8 Å². The third kappa shape index (κ3) is 9.19. The molecule has 0 radical (unpaired) electrons. The summed E-state index contributed by atoms with van der Waals surface area (Å²) in [6.07, 6.45) is 0. The van der Waals surface area contributed by atoms with Crippen LogP contribution in [0, 0.1) is 10.1 Å². The van der Waals surface area contributed by atoms with Gasteiger partial charge in [0.25, 0.3) is 5.69 Å². The Morgan fingerprint density at radius 3 is 1.51 bits per heavy atom. The van der Waals surface area contributed by atoms with Gasteiger partial charge in [0.15, 0.2) is 0 Å². The summed E-state index contributed by atoms with van der Waals surface area (Å²) >= 11 is 7.17. The van der Waals surface area contributed by atoms with Crippen LogP contribution in [-0.4, -0.2) is 17.1 Å². The molecule has 10 rings (SSSR count). The van der Waals surface area contributed by atoms with E-state index >= 15 is 0 Å². The highest BCUT2D eigenvalue weighted by atomic mass is 79.9. The lowest BCUT2D eigenvalue weighted by Gasteiger charge is -2.18. The molecule has 0 unspecified atom stereocenters. The molecule has 8 heteroatoms. The van der Waals surface area contributed by atoms with E-state index in [-0.39, 0.29) is 10.6 Å². The van der Waals surface area contributed by atoms with E-state index in [1.807, 2.05) is 42.5 Å². The summed E-state index contributed by atoms with van der Waals surface area (Å²) in [5.41, 5.74) is 4.01. The lowest BCUT2D eigenvalue weighted by Crippen LogP contribution is -2.20. The van der Waals surface area contributed by atoms with Crippen molar-refractivity contribution < 1.29 is 10.7 Å². The molecule has 0 fully saturated rings. The van der Waals surface area contributed by atoms with Crippen LogP contribution in [0.3, 0.4) is 0 Å². The Bertz CT molecular complexity index is 2910. The van der Waals surface area contributed by atoms with E-state index in [0.717, 1.165) is 25.3 Å². The predicted octanol–water partition coefficient (Wildman–Crippen LogP) is 14.4. The van der Waals surface area contributed by atoms with E-state index < -0.39 is 15.1 Å². The van der Waals surface area contributed by atoms with E-state index in [9.17, 15) is 14.5 Å². The molecular weight excluding hydrogens is 882 g/mol. The molecule has 0 bridgehead atoms. The van der Waals surface area contributed by atoms with Gasteiger partial charge in [0.2, 0.25) is 0 Å². The summed E-state index contributed by atoms with van der Waals surface area (Å²) < 4.78 is 17.6. The Hall–Kier alpha value is -5.98. The van der Waals surface area contributed by atoms with Gasteiger partial charge in [0.05, 0.1) is 19.0 Å². The zero-order valence-electron chi connectivity index (χ0n) is 32.7. The average molecular weight is 922 g/mol. The lowest BCUT2D eigenvalue weighted by molar-refractivity contribution is -0.384. The van der Waals surface area contributed by atoms with Gasteiger partial charge in [0.1, 0.15) is 0 Å². The van der Waals surface area contributed by atoms with E-state index in [1.165, 1.54) is 54.6 Å². The largest absolute Gasteiger partial charge is 0.354 e. The summed E-state index contributed by atoms with van der Waals surface area (Å²) in [5, 5.41) is 22.6. The number of halogens is 3. The minimum absolute atomic E-state index is 0.125. The quantitative estimate of drug-likeness (QED) is 0.106. The summed E-state index contributed by atoms with van der Waals surface area (Å²) in [7, 11) is -1.45. The number of nitrogens with one attached hydrogen (secondary N) is 1. The molecule has 0 spiro atoms. The van der Waals surface area contributed by atoms with Gasteiger partial charge in [-0.05, 0) is 75.2 Å². The van der Waals surface area contributed by atoms with Gasteiger partial charge in [-0.15, -0.1) is 0 Å². The van der Waals surface area contributed by atoms with Crippen molar-refractivity contribution in [2.45, 2.75) is 0 Å². The van der Waals surface area contributed by atoms with Crippen molar-refractivity contribution in [1.82, 2.24) is 4.98 Å². The minimum Gasteiger partial charge on any atom is -0.354 e. The molecule has 0 saturated carbocycles. The van der Waals surface area contributed by atoms with Gasteiger partial charge in [-0.1, -0.05) is 208 Å². The number of benzene rings is 9. The number of nitro benzene ring substituents is 1. The normalized spacial score (nSPS) is 10.9. The number of H-pyrrole nitrogens is 1. The molecule has 0 aliphatic rings. The number of aromatic nitrogens is 1. The Morgan fingerprint density at radius 2 is 0.949 bits per heavy atom. The fourth-order valence-electron chi connectivity index (χ4n) is 7.21. The molecular formula is C51H38Br2FN2O2P. The predicted molar refractivity (Wildman–Crippen MR) is 257 cm³/mol. The smallest absolute Gasteiger partial charge is 0.277 e. The van der Waals surface area contributed by atoms with Crippen LogP contribution in [0.25, 0.3) is 54.5 Å². The molecule has 9 aromatic carbocycles. The van der Waals surface area contributed by atoms with Gasteiger partial charge >= 0.3 is 0 Å². The minimum atomic E-state index is -1.00. The van der Waals surface area contributed by atoms with Crippen LogP contribution < -0.4 is 15.9 Å². The topological polar surface area (TPSA) is 58.9 Å². The fraction of sp³-hybridized carbons (Fsp3) is 0.0196. The van der Waals surface area contributed by atoms with Crippen molar-refractivity contribution in [2.75, 3.05) is 7.15 Å². The molecule has 1 heterocycles. The molecule has 1 N–H and O–H groups in total. The van der Waals surface area contributed by atoms with Crippen molar-refractivity contribution in [1.29, 1.82) is 0 Å². The van der Waals surface area contributed by atoms with Gasteiger partial charge in [-0.25, -0.2) is 0 Å². The first kappa shape index (κ1) is 39.8. The number of nitrogens with zero attached hydrogens (tertiary/aromatic N) is 1. The van der Waals surface area contributed by atoms with E-state index in [2.05, 4.69) is 182 Å². The third-order valence-electron chi connectivity index (χ3n) is 9.76. The summed E-state index contributed by atoms with van der Waals surface area (Å²) in [6.45, 7) is 0. The lowest BCUT2D eigenvalue weighted by atomic mass is 9.97. The van der Waals surface area contributed by atoms with Crippen LogP contribution in [-0.2, 0) is 0 Å². The van der Waals surface area contributed by atoms with Crippen LogP contribution in [0.5, 0.6) is 0 Å². The standard InChI is InChI=1S/C18H15P.C16H10BrNO2.C16H10BrN.CH3F/c1-4-10-16(11-5-1)19(17-12-6-2-7-13-17)18-14-8-3-9-15-18;17-15-10-9-12(11-5-1-2-6-13(11)15)14-7-3-4-8-16(14)18(19)20;17-13-9-15-16(11-6-2-1-5-10(11)13)12-7-3-4-8-14(12)18-15;1-2/h1-15H;1-10H;1-9,18H;1H3/i;;;1D. The molecule has 0 amide bonds. The van der Waals surface area contributed by atoms with Gasteiger partial charge < -0.3 is 4.98 Å². The molecule has 0 aliphatic carbocycles. The Labute approximate surface area is 361 Å². The maximum atomic E-state index is 11.2. The van der Waals surface area contributed by atoms with Crippen molar-refractivity contribution >= 4 is 105 Å². The van der Waals surface area contributed by atoms with E-state index in [1.54, 1.807) is 12.1 Å². The maximum absolute atomic E-state index is 11.2. The highest BCUT2D eigenvalue weighted by Gasteiger charge is 2.17. The zero-order chi connectivity index (χ0) is 41.8. The van der Waals surface area contributed by atoms with Crippen molar-refractivity contribution in [3.05, 3.63) is 225 Å². The van der Waals surface area contributed by atoms with Crippen LogP contribution in [0.1, 0.15) is 1.37 Å². The second-order valence-electron chi connectivity index (χ2n) is 13.3. The average Bonchev–Trinajstić information content (AvgIpc) is 3.67. The number of aromatic amines is 1. The van der Waals surface area contributed by atoms with Crippen LogP contribution >= 0.6 is 39.8 Å². The van der Waals surface area contributed by atoms with Crippen molar-refractivity contribution in [3.8, 4) is 11.1 Å². The molecule has 290 valence electrons. The number of fused-ring (bicyclic) bond motifs is 6. The second kappa shape index (κ2) is 19.6. The molecule has 0 atom stereocenters. The van der Waals surface area contributed by atoms with Crippen LogP contribution in [0.4, 0.5) is 10.1 Å². The number of nitro groups is 1. The highest BCUT2D eigenvalue weighted by Crippen LogP contribution is 2.38. The second-order valence-corrected chi connectivity index (χ2v) is 17.2. The van der Waals surface area contributed by atoms with Gasteiger partial charge in [-0.3, -0.25) is 14.5 Å². The zero-order valence-corrected chi connectivity index (χ0v) is 35.7. The number of hydrogen-bond acceptors (Lipinski definition) is 2. The fourth-order valence-corrected chi connectivity index (χ4v) is 10.6. The maximum Gasteiger partial charge on any atom is 0.277 e. The monoisotopic (exact) mass is 919 g/mol. The summed E-state index contributed by atoms with van der Waals surface area (Å²) in [5.74, 6) is 0. The Balaban J connectivity index is 0.000000132. The molecule has 10 aromatic rings. The number of hydrogen-bond donors (Lipinski definition) is 1. The number of para-hydroxylation sites is 2. The number of alkyl halides is 1. The van der Waals surface area contributed by atoms with Crippen LogP contribution in [0.15, 0.2) is 215 Å². The van der Waals surface area contributed by atoms with Gasteiger partial charge in [-0.2, -0.15) is 0 Å². The first-order chi connectivity index (χ1) is 29.4. The number of rotatable bonds is 5. The highest BCUT2D eigenvalue weighted by molar-refractivity contribution is 9.11. The molecule has 4 nitrogen and oxygen atoms in total. The molecule has 0 saturated heterocycles. The molecule has 1 aromatic heterocycles. The van der Waals surface area contributed by atoms with Crippen molar-refractivity contribution in [2.24, 2.45) is 0 Å². The van der Waals surface area contributed by atoms with E-state index in [4.69, 9.17) is 1.37 Å². The first-order valence-corrected chi connectivity index (χ1v) is 21.6. The van der Waals surface area contributed by atoms with Crippen LogP contribution in [0.2, 0.25) is 0 Å². The van der Waals surface area contributed by atoms with E-state index in [0.29, 0.717) is 5.56 Å². The first-order valence-electron chi connectivity index (χ1n) is 19.4. The van der Waals surface area contributed by atoms with Crippen molar-refractivity contribution in [3.63, 3.8) is 0 Å². The summed E-state index contributed by atoms with van der Waals surface area (Å²) in [4.78, 5) is 14.3. The molecule has 0 aliphatic heterocycles. The SMILES string of the molecule is Brc1cc2[nH]c3ccccc3c2c2ccccc12.O=[N+]([O-])c1ccccc1-c1ccc(Br)c2ccccc12.[2H]CF.c1ccc(P(c2ccccc2)c2ccccc2)cc1.